The Hall–Kier alpha value is -4.31. The molecule has 2 aromatic heterocycles. The van der Waals surface area contributed by atoms with Gasteiger partial charge in [-0.15, -0.1) is 0 Å². The van der Waals surface area contributed by atoms with Crippen molar-refractivity contribution in [2.45, 2.75) is 88.5 Å². The van der Waals surface area contributed by atoms with Crippen LogP contribution in [0.15, 0.2) is 104 Å². The van der Waals surface area contributed by atoms with Crippen molar-refractivity contribution in [3.8, 4) is 0 Å². The second kappa shape index (κ2) is 15.3. The maximum atomic E-state index is 10.0. The minimum absolute atomic E-state index is 0.210. The van der Waals surface area contributed by atoms with Crippen LogP contribution in [0.5, 0.6) is 0 Å². The molecule has 0 bridgehead atoms. The molecule has 13 nitrogen and oxygen atoms in total. The van der Waals surface area contributed by atoms with E-state index in [1.54, 1.807) is 10.9 Å². The summed E-state index contributed by atoms with van der Waals surface area (Å²) >= 11 is 0. The normalized spacial score (nSPS) is 28.0. The molecule has 0 aliphatic carbocycles. The van der Waals surface area contributed by atoms with E-state index in [4.69, 9.17) is 38.1 Å². The Morgan fingerprint density at radius 2 is 1.35 bits per heavy atom. The number of imidazole rings is 1. The average Bonchev–Trinajstić information content (AvgIpc) is 3.91. The van der Waals surface area contributed by atoms with Gasteiger partial charge < -0.3 is 43.6 Å². The highest BCUT2D eigenvalue weighted by Gasteiger charge is 2.56. The maximum Gasteiger partial charge on any atom is 0.167 e. The van der Waals surface area contributed by atoms with Crippen LogP contribution in [0.1, 0.15) is 36.8 Å². The van der Waals surface area contributed by atoms with Crippen LogP contribution in [0.2, 0.25) is 0 Å². The van der Waals surface area contributed by atoms with Gasteiger partial charge in [-0.25, -0.2) is 15.0 Å². The second-order valence-electron chi connectivity index (χ2n) is 13.6. The first-order valence-electron chi connectivity index (χ1n) is 17.6. The summed E-state index contributed by atoms with van der Waals surface area (Å²) in [5, 5.41) is 13.5. The van der Waals surface area contributed by atoms with E-state index in [1.165, 1.54) is 6.33 Å². The molecule has 52 heavy (non-hydrogen) atoms. The maximum absolute atomic E-state index is 10.0. The monoisotopic (exact) mass is 709 g/mol. The number of nitrogens with zero attached hydrogens (tertiary/aromatic N) is 4. The molecule has 5 aromatic rings. The predicted octanol–water partition coefficient (Wildman–Crippen LogP) is 4.76. The molecule has 8 rings (SSSR count). The molecule has 3 saturated heterocycles. The number of rotatable bonds is 14. The van der Waals surface area contributed by atoms with Gasteiger partial charge in [-0.3, -0.25) is 4.57 Å². The molecule has 0 spiro atoms. The smallest absolute Gasteiger partial charge is 0.167 e. The highest BCUT2D eigenvalue weighted by atomic mass is 16.8. The third-order valence-corrected chi connectivity index (χ3v) is 9.49. The zero-order valence-corrected chi connectivity index (χ0v) is 29.1. The van der Waals surface area contributed by atoms with E-state index in [1.807, 2.05) is 105 Å². The summed E-state index contributed by atoms with van der Waals surface area (Å²) in [6, 6.07) is 30.0. The summed E-state index contributed by atoms with van der Waals surface area (Å²) in [7, 11) is 0. The van der Waals surface area contributed by atoms with Crippen molar-refractivity contribution in [1.29, 1.82) is 0 Å². The molecule has 3 fully saturated rings. The molecule has 3 aromatic carbocycles. The molecule has 3 aliphatic heterocycles. The first-order valence-corrected chi connectivity index (χ1v) is 17.6. The number of benzene rings is 3. The van der Waals surface area contributed by atoms with Gasteiger partial charge >= 0.3 is 0 Å². The predicted molar refractivity (Wildman–Crippen MR) is 189 cm³/mol. The molecule has 0 amide bonds. The zero-order valence-electron chi connectivity index (χ0n) is 29.1. The van der Waals surface area contributed by atoms with Crippen molar-refractivity contribution >= 4 is 17.0 Å². The van der Waals surface area contributed by atoms with Crippen molar-refractivity contribution in [2.24, 2.45) is 0 Å². The summed E-state index contributed by atoms with van der Waals surface area (Å²) in [6.07, 6.45) is -1.18. The third-order valence-electron chi connectivity index (χ3n) is 9.49. The summed E-state index contributed by atoms with van der Waals surface area (Å²) in [5.41, 5.74) is 4.14. The first-order chi connectivity index (χ1) is 25.5. The van der Waals surface area contributed by atoms with Crippen molar-refractivity contribution < 1.29 is 38.3 Å². The molecular weight excluding hydrogens is 666 g/mol. The standard InChI is InChI=1S/C39H43N5O8/c1-39(2)51-32-28(18-45)50-38(34(32)52-39)44-24-42-30-35(40-23-41-36(30)44)43-37-33(48-21-27-16-10-5-11-17-27)31(47-20-26-14-8-4-9-15-26)29(49-37)22-46-19-25-12-6-3-7-13-25/h3-17,23-24,28-29,31-34,37-38,45H,18-22H2,1-2H3,(H,40,41,43)/t28-,29-,31-,32-,33+,34-,37+,38-/m1/s1. The van der Waals surface area contributed by atoms with Gasteiger partial charge in [0, 0.05) is 0 Å². The highest BCUT2D eigenvalue weighted by molar-refractivity contribution is 5.82. The van der Waals surface area contributed by atoms with Crippen molar-refractivity contribution in [3.05, 3.63) is 120 Å². The van der Waals surface area contributed by atoms with Gasteiger partial charge in [0.05, 0.1) is 39.4 Å². The molecular formula is C39H43N5O8. The van der Waals surface area contributed by atoms with Crippen molar-refractivity contribution in [3.63, 3.8) is 0 Å². The molecule has 0 saturated carbocycles. The van der Waals surface area contributed by atoms with E-state index in [9.17, 15) is 5.11 Å². The molecule has 5 heterocycles. The van der Waals surface area contributed by atoms with E-state index >= 15 is 0 Å². The summed E-state index contributed by atoms with van der Waals surface area (Å²) in [6.45, 7) is 4.90. The van der Waals surface area contributed by atoms with E-state index in [-0.39, 0.29) is 13.2 Å². The van der Waals surface area contributed by atoms with Gasteiger partial charge in [0.2, 0.25) is 0 Å². The third kappa shape index (κ3) is 7.45. The fraction of sp³-hybridized carbons (Fsp3) is 0.410. The van der Waals surface area contributed by atoms with E-state index in [0.717, 1.165) is 16.7 Å². The molecule has 3 aliphatic rings. The summed E-state index contributed by atoms with van der Waals surface area (Å²) in [4.78, 5) is 13.9. The van der Waals surface area contributed by atoms with Crippen LogP contribution in [0, 0.1) is 0 Å². The Morgan fingerprint density at radius 1 is 0.731 bits per heavy atom. The van der Waals surface area contributed by atoms with Gasteiger partial charge in [0.25, 0.3) is 0 Å². The number of hydrogen-bond acceptors (Lipinski definition) is 12. The van der Waals surface area contributed by atoms with Crippen LogP contribution in [0.4, 0.5) is 5.82 Å². The van der Waals surface area contributed by atoms with Crippen molar-refractivity contribution in [1.82, 2.24) is 19.5 Å². The Kier molecular flexibility index (Phi) is 10.3. The number of fused-ring (bicyclic) bond motifs is 2. The average molecular weight is 710 g/mol. The first kappa shape index (κ1) is 34.8. The Bertz CT molecular complexity index is 1900. The van der Waals surface area contributed by atoms with Crippen LogP contribution >= 0.6 is 0 Å². The number of aliphatic hydroxyl groups excluding tert-OH is 1. The fourth-order valence-corrected chi connectivity index (χ4v) is 7.07. The van der Waals surface area contributed by atoms with Crippen LogP contribution in [0.25, 0.3) is 11.2 Å². The largest absolute Gasteiger partial charge is 0.394 e. The van der Waals surface area contributed by atoms with Gasteiger partial charge in [0.1, 0.15) is 43.0 Å². The SMILES string of the molecule is CC1(C)O[C@@H]2[C@H](O1)[C@@H](CO)O[C@H]2n1cnc2c(N[C@H]3O[C@H](COCc4ccccc4)[C@@H](OCc4ccccc4)[C@@H]3OCc3ccccc3)ncnc21. The lowest BCUT2D eigenvalue weighted by Gasteiger charge is -2.25. The number of ether oxygens (including phenoxy) is 7. The van der Waals surface area contributed by atoms with Gasteiger partial charge in [0.15, 0.2) is 35.2 Å². The number of hydrogen-bond donors (Lipinski definition) is 2. The Labute approximate surface area is 301 Å². The number of anilines is 1. The summed E-state index contributed by atoms with van der Waals surface area (Å²) in [5.74, 6) is -0.371. The number of aromatic nitrogens is 4. The summed E-state index contributed by atoms with van der Waals surface area (Å²) < 4.78 is 46.5. The highest BCUT2D eigenvalue weighted by Crippen LogP contribution is 2.44. The second-order valence-corrected chi connectivity index (χ2v) is 13.6. The van der Waals surface area contributed by atoms with Crippen molar-refractivity contribution in [2.75, 3.05) is 18.5 Å². The van der Waals surface area contributed by atoms with Crippen LogP contribution in [0.3, 0.4) is 0 Å². The fourth-order valence-electron chi connectivity index (χ4n) is 7.07. The van der Waals surface area contributed by atoms with Gasteiger partial charge in [-0.05, 0) is 30.5 Å². The molecule has 0 unspecified atom stereocenters. The van der Waals surface area contributed by atoms with Gasteiger partial charge in [-0.1, -0.05) is 91.0 Å². The lowest BCUT2D eigenvalue weighted by atomic mass is 10.1. The molecule has 8 atom stereocenters. The lowest BCUT2D eigenvalue weighted by Crippen LogP contribution is -2.41. The number of aliphatic hydroxyl groups is 1. The Balaban J connectivity index is 1.07. The molecule has 0 radical (unpaired) electrons. The minimum Gasteiger partial charge on any atom is -0.394 e. The quantitative estimate of drug-likeness (QED) is 0.164. The van der Waals surface area contributed by atoms with Gasteiger partial charge in [-0.2, -0.15) is 0 Å². The van der Waals surface area contributed by atoms with Crippen LogP contribution in [-0.2, 0) is 53.0 Å². The molecule has 2 N–H and O–H groups in total. The minimum atomic E-state index is -0.822. The topological polar surface area (TPSA) is 140 Å². The van der Waals surface area contributed by atoms with E-state index < -0.39 is 54.9 Å². The van der Waals surface area contributed by atoms with Crippen LogP contribution < -0.4 is 5.32 Å². The lowest BCUT2D eigenvalue weighted by molar-refractivity contribution is -0.199. The molecule has 13 heteroatoms. The zero-order chi connectivity index (χ0) is 35.5. The number of nitrogens with one attached hydrogen (secondary N) is 1. The van der Waals surface area contributed by atoms with E-state index in [2.05, 4.69) is 15.3 Å². The Morgan fingerprint density at radius 3 is 2.00 bits per heavy atom. The molecule has 272 valence electrons. The van der Waals surface area contributed by atoms with Crippen LogP contribution in [-0.4, -0.2) is 86.5 Å². The van der Waals surface area contributed by atoms with E-state index in [0.29, 0.717) is 36.8 Å².